The van der Waals surface area contributed by atoms with Crippen LogP contribution in [0.5, 0.6) is 0 Å². The van der Waals surface area contributed by atoms with E-state index in [1.165, 1.54) is 6.20 Å². The minimum atomic E-state index is -1.79. The number of aromatic amines is 1. The Morgan fingerprint density at radius 2 is 2.32 bits per heavy atom. The molecule has 0 aliphatic carbocycles. The molecule has 1 aromatic heterocycles. The van der Waals surface area contributed by atoms with Crippen LogP contribution in [0.3, 0.4) is 0 Å². The molecule has 0 bridgehead atoms. The summed E-state index contributed by atoms with van der Waals surface area (Å²) in [4.78, 5) is 25.3. The van der Waals surface area contributed by atoms with Crippen LogP contribution in [0.4, 0.5) is 0 Å². The van der Waals surface area contributed by atoms with Gasteiger partial charge in [0.2, 0.25) is 0 Å². The van der Waals surface area contributed by atoms with Crippen molar-refractivity contribution in [1.82, 2.24) is 9.55 Å². The van der Waals surface area contributed by atoms with Crippen LogP contribution >= 0.6 is 12.2 Å². The first kappa shape index (κ1) is 15.6. The quantitative estimate of drug-likeness (QED) is 0.374. The van der Waals surface area contributed by atoms with Crippen molar-refractivity contribution in [2.24, 2.45) is 0 Å². The molecular weight excluding hydrogens is 507 g/mol. The zero-order chi connectivity index (χ0) is 15.9. The van der Waals surface area contributed by atoms with Crippen LogP contribution in [0.2, 0.25) is 0 Å². The molecule has 2 saturated heterocycles. The molecule has 0 spiro atoms. The Kier molecular flexibility index (Phi) is 4.06. The summed E-state index contributed by atoms with van der Waals surface area (Å²) in [5.41, 5.74) is -3.16. The van der Waals surface area contributed by atoms with Gasteiger partial charge in [-0.3, -0.25) is 0 Å². The summed E-state index contributed by atoms with van der Waals surface area (Å²) in [7, 11) is 0. The number of nitrogens with zero attached hydrogens (tertiary/aromatic N) is 2. The first-order chi connectivity index (χ1) is 10.5. The molecule has 112 valence electrons. The van der Waals surface area contributed by atoms with E-state index in [-0.39, 0.29) is 38.1 Å². The van der Waals surface area contributed by atoms with Gasteiger partial charge in [0.1, 0.15) is 0 Å². The second kappa shape index (κ2) is 5.72. The molecule has 4 atom stereocenters. The van der Waals surface area contributed by atoms with E-state index in [0.29, 0.717) is 0 Å². The average molecular weight is 515 g/mol. The average Bonchev–Trinajstić information content (AvgIpc) is 2.98. The molecule has 3 rings (SSSR count). The van der Waals surface area contributed by atoms with E-state index in [0.717, 1.165) is 10.6 Å². The predicted octanol–water partition coefficient (Wildman–Crippen LogP) is -1.72. The van der Waals surface area contributed by atoms with Crippen molar-refractivity contribution in [3.05, 3.63) is 33.1 Å². The Morgan fingerprint density at radius 3 is 2.95 bits per heavy atom. The van der Waals surface area contributed by atoms with Gasteiger partial charge >= 0.3 is 145 Å². The van der Waals surface area contributed by atoms with Crippen molar-refractivity contribution in [2.75, 3.05) is 6.61 Å². The van der Waals surface area contributed by atoms with Gasteiger partial charge in [0, 0.05) is 0 Å². The number of thiocarbonyl (C=S) groups is 1. The van der Waals surface area contributed by atoms with Crippen LogP contribution in [0.1, 0.15) is 0 Å². The van der Waals surface area contributed by atoms with Crippen molar-refractivity contribution < 1.29 is 16.9 Å². The number of rotatable bonds is 3. The third-order valence-electron chi connectivity index (χ3n) is 3.44. The monoisotopic (exact) mass is 515 g/mol. The van der Waals surface area contributed by atoms with E-state index in [9.17, 15) is 14.9 Å². The minimum absolute atomic E-state index is 0.115. The summed E-state index contributed by atoms with van der Waals surface area (Å²) in [5.74, 6) is 0. The third-order valence-corrected chi connectivity index (χ3v) is 4.38. The molecular formula is C11H8N3O6STl. The van der Waals surface area contributed by atoms with E-state index >= 15 is 0 Å². The summed E-state index contributed by atoms with van der Waals surface area (Å²) in [5, 5.41) is 9.53. The second-order valence-electron chi connectivity index (χ2n) is 4.65. The standard InChI is InChI=1S/C11H8N3O6S.Tl/c12-4-11(14-2-1-6(16)13-9(14)17)8-7(5(3-15)20-11)18-10(21)19-8;/h1-2,5,7-8H,3H2,(H,13,16,17);/q-1;+1/t5-,7-,8-,11-;/m1./s1. The molecule has 2 fully saturated rings. The second-order valence-corrected chi connectivity index (χ2v) is 6.28. The third kappa shape index (κ3) is 2.28. The van der Waals surface area contributed by atoms with Crippen molar-refractivity contribution in [3.63, 3.8) is 0 Å². The molecule has 3 heterocycles. The Balaban J connectivity index is 2.12. The molecule has 2 aliphatic heterocycles. The molecule has 0 amide bonds. The Hall–Kier alpha value is -1.30. The van der Waals surface area contributed by atoms with Crippen LogP contribution < -0.4 is 11.2 Å². The van der Waals surface area contributed by atoms with Crippen molar-refractivity contribution in [1.29, 1.82) is 5.26 Å². The van der Waals surface area contributed by atoms with E-state index < -0.39 is 35.3 Å². The number of nitriles is 1. The van der Waals surface area contributed by atoms with Gasteiger partial charge in [-0.2, -0.15) is 0 Å². The molecule has 2 aliphatic rings. The van der Waals surface area contributed by atoms with Gasteiger partial charge in [-0.15, -0.1) is 0 Å². The zero-order valence-corrected chi connectivity index (χ0v) is 16.2. The van der Waals surface area contributed by atoms with E-state index in [4.69, 9.17) is 29.1 Å². The number of ether oxygens (including phenoxy) is 3. The summed E-state index contributed by atoms with van der Waals surface area (Å²) in [6, 6.07) is 3.06. The number of hydrogen-bond donors (Lipinski definition) is 1. The van der Waals surface area contributed by atoms with Gasteiger partial charge in [-0.05, 0) is 0 Å². The normalized spacial score (nSPS) is 32.8. The molecule has 0 aromatic carbocycles. The molecule has 0 unspecified atom stereocenters. The molecule has 22 heavy (non-hydrogen) atoms. The van der Waals surface area contributed by atoms with Crippen molar-refractivity contribution in [2.45, 2.75) is 24.0 Å². The molecule has 11 heteroatoms. The summed E-state index contributed by atoms with van der Waals surface area (Å²) in [6.07, 6.45) is -1.03. The SMILES string of the molecule is N#C[C@@]1(n2ccc(=O)[nH]c2=O)O[C@H](C[O][Tl])[C@H]2OC(=S)O[C@H]21. The van der Waals surface area contributed by atoms with E-state index in [1.807, 2.05) is 6.07 Å². The summed E-state index contributed by atoms with van der Waals surface area (Å²) >= 11 is 5.15. The number of nitrogens with one attached hydrogen (secondary N) is 1. The maximum absolute atomic E-state index is 12.0. The first-order valence-corrected chi connectivity index (χ1v) is 8.36. The molecule has 1 aromatic rings. The fourth-order valence-corrected chi connectivity index (χ4v) is 3.50. The van der Waals surface area contributed by atoms with Crippen LogP contribution in [0.25, 0.3) is 0 Å². The number of H-pyrrole nitrogens is 1. The topological polar surface area (TPSA) is 116 Å². The first-order valence-electron chi connectivity index (χ1n) is 6.12. The van der Waals surface area contributed by atoms with Gasteiger partial charge in [-0.25, -0.2) is 0 Å². The molecule has 0 radical (unpaired) electrons. The molecule has 9 nitrogen and oxygen atoms in total. The van der Waals surface area contributed by atoms with Crippen LogP contribution in [0.15, 0.2) is 21.9 Å². The zero-order valence-electron chi connectivity index (χ0n) is 10.9. The van der Waals surface area contributed by atoms with Crippen molar-refractivity contribution >= 4 is 43.7 Å². The Morgan fingerprint density at radius 1 is 1.55 bits per heavy atom. The van der Waals surface area contributed by atoms with Crippen LogP contribution in [-0.2, 0) is 22.6 Å². The van der Waals surface area contributed by atoms with Gasteiger partial charge in [0.25, 0.3) is 0 Å². The Labute approximate surface area is 145 Å². The molecule has 1 N–H and O–H groups in total. The predicted molar refractivity (Wildman–Crippen MR) is 73.8 cm³/mol. The number of hydrogen-bond acceptors (Lipinski definition) is 8. The van der Waals surface area contributed by atoms with E-state index in [1.54, 1.807) is 0 Å². The van der Waals surface area contributed by atoms with Gasteiger partial charge < -0.3 is 0 Å². The fraction of sp³-hybridized carbons (Fsp3) is 0.455. The molecule has 0 saturated carbocycles. The van der Waals surface area contributed by atoms with Crippen LogP contribution in [0, 0.1) is 11.3 Å². The summed E-state index contributed by atoms with van der Waals surface area (Å²) in [6.45, 7) is 0.194. The van der Waals surface area contributed by atoms with Gasteiger partial charge in [0.15, 0.2) is 0 Å². The van der Waals surface area contributed by atoms with Gasteiger partial charge in [-0.1, -0.05) is 0 Å². The van der Waals surface area contributed by atoms with Crippen LogP contribution in [-0.4, -0.2) is 65.9 Å². The number of aromatic nitrogens is 2. The van der Waals surface area contributed by atoms with E-state index in [2.05, 4.69) is 4.98 Å². The number of fused-ring (bicyclic) bond motifs is 1. The summed E-state index contributed by atoms with van der Waals surface area (Å²) < 4.78 is 22.7. The van der Waals surface area contributed by atoms with Gasteiger partial charge in [0.05, 0.1) is 0 Å². The fourth-order valence-electron chi connectivity index (χ4n) is 2.55. The Bertz CT molecular complexity index is 772. The van der Waals surface area contributed by atoms with Crippen molar-refractivity contribution in [3.8, 4) is 6.07 Å². The maximum atomic E-state index is 12.0.